The van der Waals surface area contributed by atoms with Gasteiger partial charge in [0, 0.05) is 32.4 Å². The smallest absolute Gasteiger partial charge is 0.335 e. The highest BCUT2D eigenvalue weighted by molar-refractivity contribution is 7.86. The van der Waals surface area contributed by atoms with Crippen LogP contribution >= 0.6 is 0 Å². The third kappa shape index (κ3) is 3.48. The van der Waals surface area contributed by atoms with Crippen LogP contribution in [0.2, 0.25) is 0 Å². The second-order valence-corrected chi connectivity index (χ2v) is 8.51. The summed E-state index contributed by atoms with van der Waals surface area (Å²) in [6, 6.07) is 10.0. The molecule has 1 N–H and O–H groups in total. The van der Waals surface area contributed by atoms with Gasteiger partial charge in [0.25, 0.3) is 10.2 Å². The summed E-state index contributed by atoms with van der Waals surface area (Å²) in [5.41, 5.74) is 2.66. The van der Waals surface area contributed by atoms with E-state index in [4.69, 9.17) is 5.11 Å². The molecule has 0 radical (unpaired) electrons. The predicted molar refractivity (Wildman–Crippen MR) is 97.9 cm³/mol. The number of benzene rings is 1. The quantitative estimate of drug-likeness (QED) is 0.866. The molecule has 0 amide bonds. The number of nitrogens with zero attached hydrogens (tertiary/aromatic N) is 3. The molecule has 2 heterocycles. The van der Waals surface area contributed by atoms with Gasteiger partial charge in [-0.3, -0.25) is 4.98 Å². The topological polar surface area (TPSA) is 90.8 Å². The molecule has 0 spiro atoms. The molecule has 8 heteroatoms. The van der Waals surface area contributed by atoms with Crippen molar-refractivity contribution in [2.24, 2.45) is 0 Å². The molecular weight excluding hydrogens is 354 g/mol. The van der Waals surface area contributed by atoms with Crippen LogP contribution in [0.15, 0.2) is 42.6 Å². The van der Waals surface area contributed by atoms with Crippen molar-refractivity contribution < 1.29 is 18.3 Å². The van der Waals surface area contributed by atoms with Crippen LogP contribution < -0.4 is 0 Å². The number of hydrogen-bond donors (Lipinski definition) is 1. The summed E-state index contributed by atoms with van der Waals surface area (Å²) in [5, 5.41) is 8.96. The van der Waals surface area contributed by atoms with Crippen LogP contribution in [0.5, 0.6) is 0 Å². The van der Waals surface area contributed by atoms with Crippen LogP contribution in [-0.4, -0.2) is 53.7 Å². The monoisotopic (exact) mass is 375 g/mol. The fraction of sp³-hybridized carbons (Fsp3) is 0.333. The first-order valence-electron chi connectivity index (χ1n) is 8.29. The zero-order valence-electron chi connectivity index (χ0n) is 14.7. The minimum Gasteiger partial charge on any atom is -0.478 e. The summed E-state index contributed by atoms with van der Waals surface area (Å²) in [6.45, 7) is 0.491. The second kappa shape index (κ2) is 7.14. The van der Waals surface area contributed by atoms with Crippen molar-refractivity contribution >= 4 is 16.2 Å². The fourth-order valence-electron chi connectivity index (χ4n) is 3.10. The maximum absolute atomic E-state index is 12.5. The van der Waals surface area contributed by atoms with Gasteiger partial charge in [0.15, 0.2) is 0 Å². The molecular formula is C18H21N3O4S. The Morgan fingerprint density at radius 3 is 2.35 bits per heavy atom. The molecule has 3 rings (SSSR count). The lowest BCUT2D eigenvalue weighted by Gasteiger charge is -2.26. The van der Waals surface area contributed by atoms with Gasteiger partial charge >= 0.3 is 5.97 Å². The molecule has 1 aromatic carbocycles. The third-order valence-electron chi connectivity index (χ3n) is 4.55. The van der Waals surface area contributed by atoms with E-state index in [-0.39, 0.29) is 11.6 Å². The van der Waals surface area contributed by atoms with Gasteiger partial charge in [0.1, 0.15) is 0 Å². The molecule has 0 saturated carbocycles. The largest absolute Gasteiger partial charge is 0.478 e. The van der Waals surface area contributed by atoms with E-state index in [1.807, 2.05) is 12.1 Å². The molecule has 1 aliphatic heterocycles. The van der Waals surface area contributed by atoms with Crippen molar-refractivity contribution in [1.29, 1.82) is 0 Å². The van der Waals surface area contributed by atoms with Gasteiger partial charge in [-0.25, -0.2) is 4.79 Å². The van der Waals surface area contributed by atoms with E-state index < -0.39 is 16.2 Å². The van der Waals surface area contributed by atoms with Gasteiger partial charge in [-0.1, -0.05) is 18.2 Å². The highest BCUT2D eigenvalue weighted by atomic mass is 32.2. The Morgan fingerprint density at radius 1 is 1.15 bits per heavy atom. The van der Waals surface area contributed by atoms with Crippen molar-refractivity contribution in [2.75, 3.05) is 20.6 Å². The average Bonchev–Trinajstić information content (AvgIpc) is 3.12. The second-order valence-electron chi connectivity index (χ2n) is 6.41. The molecule has 1 fully saturated rings. The highest BCUT2D eigenvalue weighted by Gasteiger charge is 2.37. The van der Waals surface area contributed by atoms with Crippen LogP contribution in [-0.2, 0) is 10.2 Å². The van der Waals surface area contributed by atoms with E-state index in [2.05, 4.69) is 4.98 Å². The Kier molecular flexibility index (Phi) is 5.08. The zero-order chi connectivity index (χ0) is 18.9. The molecule has 2 aromatic rings. The van der Waals surface area contributed by atoms with Crippen molar-refractivity contribution in [3.63, 3.8) is 0 Å². The SMILES string of the molecule is CN(C)S(=O)(=O)N1CCC[C@H]1c1ccc(-c2ccc(C(=O)O)cc2)cn1. The Bertz CT molecular complexity index is 893. The van der Waals surface area contributed by atoms with Crippen LogP contribution in [0.1, 0.15) is 34.9 Å². The lowest BCUT2D eigenvalue weighted by Crippen LogP contribution is -2.39. The lowest BCUT2D eigenvalue weighted by molar-refractivity contribution is 0.0697. The van der Waals surface area contributed by atoms with E-state index >= 15 is 0 Å². The Hall–Kier alpha value is -2.29. The molecule has 1 aliphatic rings. The van der Waals surface area contributed by atoms with Gasteiger partial charge in [-0.15, -0.1) is 0 Å². The first-order chi connectivity index (χ1) is 12.3. The summed E-state index contributed by atoms with van der Waals surface area (Å²) >= 11 is 0. The number of pyridine rings is 1. The Morgan fingerprint density at radius 2 is 1.81 bits per heavy atom. The number of carboxylic acids is 1. The summed E-state index contributed by atoms with van der Waals surface area (Å²) in [4.78, 5) is 15.4. The molecule has 0 unspecified atom stereocenters. The predicted octanol–water partition coefficient (Wildman–Crippen LogP) is 2.39. The molecule has 0 aliphatic carbocycles. The minimum atomic E-state index is -3.48. The standard InChI is InChI=1S/C18H21N3O4S/c1-20(2)26(24,25)21-11-3-4-17(21)16-10-9-15(12-19-16)13-5-7-14(8-6-13)18(22)23/h5-10,12,17H,3-4,11H2,1-2H3,(H,22,23)/t17-/m0/s1. The van der Waals surface area contributed by atoms with E-state index in [1.54, 1.807) is 30.5 Å². The number of aromatic nitrogens is 1. The normalized spacial score (nSPS) is 18.3. The number of rotatable bonds is 5. The van der Waals surface area contributed by atoms with Gasteiger partial charge in [0.05, 0.1) is 17.3 Å². The van der Waals surface area contributed by atoms with E-state index in [0.717, 1.165) is 29.7 Å². The third-order valence-corrected chi connectivity index (χ3v) is 6.51. The summed E-state index contributed by atoms with van der Waals surface area (Å²) < 4.78 is 27.7. The van der Waals surface area contributed by atoms with Crippen molar-refractivity contribution in [3.8, 4) is 11.1 Å². The van der Waals surface area contributed by atoms with E-state index in [1.165, 1.54) is 22.7 Å². The van der Waals surface area contributed by atoms with Crippen LogP contribution in [0.3, 0.4) is 0 Å². The molecule has 1 aromatic heterocycles. The molecule has 26 heavy (non-hydrogen) atoms. The van der Waals surface area contributed by atoms with Gasteiger partial charge in [0.2, 0.25) is 0 Å². The number of aromatic carboxylic acids is 1. The maximum atomic E-state index is 12.5. The number of carbonyl (C=O) groups is 1. The van der Waals surface area contributed by atoms with Gasteiger partial charge in [-0.2, -0.15) is 17.0 Å². The Labute approximate surface area is 153 Å². The van der Waals surface area contributed by atoms with Crippen LogP contribution in [0.25, 0.3) is 11.1 Å². The van der Waals surface area contributed by atoms with Gasteiger partial charge in [-0.05, 0) is 36.6 Å². The van der Waals surface area contributed by atoms with E-state index in [9.17, 15) is 13.2 Å². The lowest BCUT2D eigenvalue weighted by atomic mass is 10.0. The molecule has 0 bridgehead atoms. The molecule has 1 saturated heterocycles. The number of carboxylic acid groups (broad SMARTS) is 1. The summed E-state index contributed by atoms with van der Waals surface area (Å²) in [5.74, 6) is -0.964. The highest BCUT2D eigenvalue weighted by Crippen LogP contribution is 2.34. The molecule has 138 valence electrons. The zero-order valence-corrected chi connectivity index (χ0v) is 15.5. The summed E-state index contributed by atoms with van der Waals surface area (Å²) in [7, 11) is -0.419. The maximum Gasteiger partial charge on any atom is 0.335 e. The first kappa shape index (κ1) is 18.5. The summed E-state index contributed by atoms with van der Waals surface area (Å²) in [6.07, 6.45) is 3.24. The van der Waals surface area contributed by atoms with Crippen LogP contribution in [0, 0.1) is 0 Å². The van der Waals surface area contributed by atoms with Crippen molar-refractivity contribution in [1.82, 2.24) is 13.6 Å². The minimum absolute atomic E-state index is 0.230. The molecule has 1 atom stereocenters. The number of hydrogen-bond acceptors (Lipinski definition) is 4. The van der Waals surface area contributed by atoms with Gasteiger partial charge < -0.3 is 5.11 Å². The van der Waals surface area contributed by atoms with Crippen LogP contribution in [0.4, 0.5) is 0 Å². The Balaban J connectivity index is 1.84. The first-order valence-corrected chi connectivity index (χ1v) is 9.69. The molecule has 7 nitrogen and oxygen atoms in total. The van der Waals surface area contributed by atoms with Crippen molar-refractivity contribution in [3.05, 3.63) is 53.9 Å². The van der Waals surface area contributed by atoms with E-state index in [0.29, 0.717) is 6.54 Å². The van der Waals surface area contributed by atoms with Crippen molar-refractivity contribution in [2.45, 2.75) is 18.9 Å². The fourth-order valence-corrected chi connectivity index (χ4v) is 4.41. The average molecular weight is 375 g/mol.